The number of hydrogen-bond acceptors (Lipinski definition) is 4. The Hall–Kier alpha value is -3.66. The normalized spacial score (nSPS) is 13.6. The lowest BCUT2D eigenvalue weighted by Crippen LogP contribution is -2.48. The standard InChI is InChI=1S/C20H18N4O3/c21-13-15-1-7-18(8-2-15)22-19(26)16-3-5-17(6-4-16)20(27)24-11-9-23(14-25)10-12-24/h1-8,14H,9-12H2,(H,22,26). The van der Waals surface area contributed by atoms with Gasteiger partial charge in [-0.1, -0.05) is 0 Å². The van der Waals surface area contributed by atoms with Crippen LogP contribution < -0.4 is 5.32 Å². The zero-order chi connectivity index (χ0) is 19.2. The molecule has 27 heavy (non-hydrogen) atoms. The number of piperazine rings is 1. The maximum absolute atomic E-state index is 12.5. The molecule has 1 heterocycles. The summed E-state index contributed by atoms with van der Waals surface area (Å²) in [4.78, 5) is 38.9. The van der Waals surface area contributed by atoms with Crippen LogP contribution in [0.3, 0.4) is 0 Å². The van der Waals surface area contributed by atoms with Crippen molar-refractivity contribution in [2.24, 2.45) is 0 Å². The third kappa shape index (κ3) is 4.30. The van der Waals surface area contributed by atoms with Crippen molar-refractivity contribution in [1.29, 1.82) is 5.26 Å². The first-order valence-corrected chi connectivity index (χ1v) is 8.51. The van der Waals surface area contributed by atoms with E-state index in [1.54, 1.807) is 58.3 Å². The summed E-state index contributed by atoms with van der Waals surface area (Å²) in [6.45, 7) is 2.05. The molecule has 0 saturated carbocycles. The highest BCUT2D eigenvalue weighted by Crippen LogP contribution is 2.13. The predicted molar refractivity (Wildman–Crippen MR) is 99.1 cm³/mol. The summed E-state index contributed by atoms with van der Waals surface area (Å²) < 4.78 is 0. The molecule has 1 fully saturated rings. The molecule has 2 aromatic rings. The second kappa shape index (κ2) is 8.15. The van der Waals surface area contributed by atoms with Gasteiger partial charge >= 0.3 is 0 Å². The molecule has 0 aliphatic carbocycles. The molecule has 2 aromatic carbocycles. The Balaban J connectivity index is 1.62. The minimum atomic E-state index is -0.293. The first kappa shape index (κ1) is 18.1. The summed E-state index contributed by atoms with van der Waals surface area (Å²) in [5, 5.41) is 11.5. The smallest absolute Gasteiger partial charge is 0.255 e. The van der Waals surface area contributed by atoms with Gasteiger partial charge in [0, 0.05) is 43.0 Å². The number of nitriles is 1. The van der Waals surface area contributed by atoms with Crippen LogP contribution in [0.15, 0.2) is 48.5 Å². The Morgan fingerprint density at radius 1 is 0.926 bits per heavy atom. The van der Waals surface area contributed by atoms with Gasteiger partial charge in [-0.05, 0) is 48.5 Å². The molecular formula is C20H18N4O3. The van der Waals surface area contributed by atoms with Crippen molar-refractivity contribution in [2.45, 2.75) is 0 Å². The Bertz CT molecular complexity index is 877. The maximum Gasteiger partial charge on any atom is 0.255 e. The van der Waals surface area contributed by atoms with Gasteiger partial charge in [0.05, 0.1) is 11.6 Å². The highest BCUT2D eigenvalue weighted by atomic mass is 16.2. The summed E-state index contributed by atoms with van der Waals surface area (Å²) in [6.07, 6.45) is 0.795. The molecule has 0 radical (unpaired) electrons. The van der Waals surface area contributed by atoms with Gasteiger partial charge in [-0.3, -0.25) is 14.4 Å². The van der Waals surface area contributed by atoms with E-state index < -0.39 is 0 Å². The first-order valence-electron chi connectivity index (χ1n) is 8.51. The van der Waals surface area contributed by atoms with E-state index in [1.807, 2.05) is 6.07 Å². The number of rotatable bonds is 4. The molecule has 1 aliphatic rings. The van der Waals surface area contributed by atoms with Gasteiger partial charge < -0.3 is 15.1 Å². The molecule has 0 spiro atoms. The number of anilines is 1. The monoisotopic (exact) mass is 362 g/mol. The number of benzene rings is 2. The Morgan fingerprint density at radius 2 is 1.52 bits per heavy atom. The first-order chi connectivity index (χ1) is 13.1. The third-order valence-electron chi connectivity index (χ3n) is 4.42. The average Bonchev–Trinajstić information content (AvgIpc) is 2.74. The van der Waals surface area contributed by atoms with Crippen LogP contribution in [-0.4, -0.2) is 54.2 Å². The lowest BCUT2D eigenvalue weighted by atomic mass is 10.1. The number of carbonyl (C=O) groups excluding carboxylic acids is 3. The molecule has 1 N–H and O–H groups in total. The molecule has 7 nitrogen and oxygen atoms in total. The molecule has 3 amide bonds. The van der Waals surface area contributed by atoms with Gasteiger partial charge in [-0.15, -0.1) is 0 Å². The number of amides is 3. The molecule has 1 saturated heterocycles. The van der Waals surface area contributed by atoms with E-state index in [9.17, 15) is 14.4 Å². The van der Waals surface area contributed by atoms with Crippen LogP contribution in [-0.2, 0) is 4.79 Å². The molecular weight excluding hydrogens is 344 g/mol. The van der Waals surface area contributed by atoms with Crippen LogP contribution in [0.25, 0.3) is 0 Å². The molecule has 3 rings (SSSR count). The molecule has 0 atom stereocenters. The number of carbonyl (C=O) groups is 3. The van der Waals surface area contributed by atoms with Crippen LogP contribution in [0.5, 0.6) is 0 Å². The topological polar surface area (TPSA) is 93.5 Å². The fourth-order valence-corrected chi connectivity index (χ4v) is 2.81. The van der Waals surface area contributed by atoms with E-state index in [1.165, 1.54) is 0 Å². The second-order valence-corrected chi connectivity index (χ2v) is 6.15. The predicted octanol–water partition coefficient (Wildman–Crippen LogP) is 1.72. The summed E-state index contributed by atoms with van der Waals surface area (Å²) in [7, 11) is 0. The average molecular weight is 362 g/mol. The highest BCUT2D eigenvalue weighted by molar-refractivity contribution is 6.05. The van der Waals surface area contributed by atoms with Gasteiger partial charge in [-0.2, -0.15) is 5.26 Å². The van der Waals surface area contributed by atoms with Gasteiger partial charge in [0.2, 0.25) is 6.41 Å². The molecule has 0 unspecified atom stereocenters. The van der Waals surface area contributed by atoms with Crippen LogP contribution in [0, 0.1) is 11.3 Å². The van der Waals surface area contributed by atoms with Crippen LogP contribution in [0.4, 0.5) is 5.69 Å². The minimum Gasteiger partial charge on any atom is -0.342 e. The van der Waals surface area contributed by atoms with Crippen LogP contribution >= 0.6 is 0 Å². The zero-order valence-electron chi connectivity index (χ0n) is 14.6. The van der Waals surface area contributed by atoms with Gasteiger partial charge in [0.15, 0.2) is 0 Å². The molecule has 7 heteroatoms. The second-order valence-electron chi connectivity index (χ2n) is 6.15. The van der Waals surface area contributed by atoms with Crippen molar-refractivity contribution < 1.29 is 14.4 Å². The van der Waals surface area contributed by atoms with Crippen molar-refractivity contribution >= 4 is 23.9 Å². The molecule has 136 valence electrons. The zero-order valence-corrected chi connectivity index (χ0v) is 14.6. The number of nitrogens with zero attached hydrogens (tertiary/aromatic N) is 3. The van der Waals surface area contributed by atoms with Crippen molar-refractivity contribution in [3.8, 4) is 6.07 Å². The molecule has 1 aliphatic heterocycles. The highest BCUT2D eigenvalue weighted by Gasteiger charge is 2.21. The van der Waals surface area contributed by atoms with Crippen molar-refractivity contribution in [1.82, 2.24) is 9.80 Å². The largest absolute Gasteiger partial charge is 0.342 e. The Labute approximate surface area is 156 Å². The fourth-order valence-electron chi connectivity index (χ4n) is 2.81. The minimum absolute atomic E-state index is 0.111. The van der Waals surface area contributed by atoms with E-state index in [2.05, 4.69) is 5.32 Å². The molecule has 0 aromatic heterocycles. The summed E-state index contributed by atoms with van der Waals surface area (Å²) in [6, 6.07) is 15.1. The van der Waals surface area contributed by atoms with E-state index in [4.69, 9.17) is 5.26 Å². The summed E-state index contributed by atoms with van der Waals surface area (Å²) >= 11 is 0. The van der Waals surface area contributed by atoms with Crippen molar-refractivity contribution in [3.63, 3.8) is 0 Å². The van der Waals surface area contributed by atoms with Crippen LogP contribution in [0.1, 0.15) is 26.3 Å². The number of hydrogen-bond donors (Lipinski definition) is 1. The van der Waals surface area contributed by atoms with E-state index in [0.717, 1.165) is 6.41 Å². The lowest BCUT2D eigenvalue weighted by molar-refractivity contribution is -0.119. The SMILES string of the molecule is N#Cc1ccc(NC(=O)c2ccc(C(=O)N3CCN(C=O)CC3)cc2)cc1. The Kier molecular flexibility index (Phi) is 5.47. The van der Waals surface area contributed by atoms with E-state index in [0.29, 0.717) is 48.6 Å². The maximum atomic E-state index is 12.5. The van der Waals surface area contributed by atoms with E-state index >= 15 is 0 Å². The van der Waals surface area contributed by atoms with Crippen molar-refractivity contribution in [2.75, 3.05) is 31.5 Å². The fraction of sp³-hybridized carbons (Fsp3) is 0.200. The summed E-state index contributed by atoms with van der Waals surface area (Å²) in [5.41, 5.74) is 2.04. The lowest BCUT2D eigenvalue weighted by Gasteiger charge is -2.32. The third-order valence-corrected chi connectivity index (χ3v) is 4.42. The van der Waals surface area contributed by atoms with Gasteiger partial charge in [0.1, 0.15) is 0 Å². The quantitative estimate of drug-likeness (QED) is 0.838. The van der Waals surface area contributed by atoms with Crippen LogP contribution in [0.2, 0.25) is 0 Å². The number of nitrogens with one attached hydrogen (secondary N) is 1. The van der Waals surface area contributed by atoms with Gasteiger partial charge in [-0.25, -0.2) is 0 Å². The summed E-state index contributed by atoms with van der Waals surface area (Å²) in [5.74, 6) is -0.405. The van der Waals surface area contributed by atoms with E-state index in [-0.39, 0.29) is 11.8 Å². The Morgan fingerprint density at radius 3 is 2.07 bits per heavy atom. The molecule has 0 bridgehead atoms. The van der Waals surface area contributed by atoms with Crippen molar-refractivity contribution in [3.05, 3.63) is 65.2 Å². The van der Waals surface area contributed by atoms with Gasteiger partial charge in [0.25, 0.3) is 11.8 Å².